The van der Waals surface area contributed by atoms with Crippen LogP contribution in [0, 0.1) is 0 Å². The summed E-state index contributed by atoms with van der Waals surface area (Å²) in [6, 6.07) is 19.1. The molecule has 0 radical (unpaired) electrons. The fraction of sp³-hybridized carbons (Fsp3) is 0.174. The van der Waals surface area contributed by atoms with Gasteiger partial charge < -0.3 is 14.4 Å². The van der Waals surface area contributed by atoms with Crippen LogP contribution in [0.3, 0.4) is 0 Å². The van der Waals surface area contributed by atoms with E-state index in [0.717, 1.165) is 27.6 Å². The van der Waals surface area contributed by atoms with Gasteiger partial charge in [0.2, 0.25) is 0 Å². The number of aromatic amines is 1. The van der Waals surface area contributed by atoms with E-state index >= 15 is 0 Å². The molecule has 0 aliphatic heterocycles. The van der Waals surface area contributed by atoms with Gasteiger partial charge in [0.25, 0.3) is 5.91 Å². The van der Waals surface area contributed by atoms with E-state index < -0.39 is 5.97 Å². The quantitative estimate of drug-likeness (QED) is 0.498. The molecule has 152 valence electrons. The third kappa shape index (κ3) is 3.96. The molecule has 4 rings (SSSR count). The number of rotatable bonds is 6. The molecule has 0 atom stereocenters. The lowest BCUT2D eigenvalue weighted by Gasteiger charge is -2.17. The number of hydrogen-bond donors (Lipinski definition) is 1. The molecular formula is C23H21N3O4. The highest BCUT2D eigenvalue weighted by Crippen LogP contribution is 2.22. The summed E-state index contributed by atoms with van der Waals surface area (Å²) in [6.07, 6.45) is 0. The Morgan fingerprint density at radius 1 is 1.03 bits per heavy atom. The Morgan fingerprint density at radius 3 is 2.63 bits per heavy atom. The van der Waals surface area contributed by atoms with Gasteiger partial charge in [-0.05, 0) is 40.6 Å². The number of ether oxygens (including phenoxy) is 2. The Hall–Kier alpha value is -3.87. The smallest absolute Gasteiger partial charge is 0.359 e. The van der Waals surface area contributed by atoms with Crippen molar-refractivity contribution < 1.29 is 19.1 Å². The van der Waals surface area contributed by atoms with Gasteiger partial charge >= 0.3 is 5.97 Å². The van der Waals surface area contributed by atoms with Gasteiger partial charge in [-0.25, -0.2) is 4.79 Å². The van der Waals surface area contributed by atoms with E-state index in [1.165, 1.54) is 4.90 Å². The molecule has 1 aromatic heterocycles. The Bertz CT molecular complexity index is 1230. The summed E-state index contributed by atoms with van der Waals surface area (Å²) in [6.45, 7) is 0.0605. The molecule has 1 amide bonds. The lowest BCUT2D eigenvalue weighted by molar-refractivity contribution is -0.133. The standard InChI is InChI=1S/C23H21N3O4/c1-26(13-15-7-8-17-12-18(29-2)10-9-16(17)11-15)21(27)14-30-23(28)22-19-5-3-4-6-20(19)24-25-22/h3-12H,13-14H2,1-2H3,(H,24,25). The van der Waals surface area contributed by atoms with Crippen molar-refractivity contribution in [3.8, 4) is 5.75 Å². The number of fused-ring (bicyclic) bond motifs is 2. The van der Waals surface area contributed by atoms with Crippen LogP contribution < -0.4 is 4.74 Å². The van der Waals surface area contributed by atoms with Crippen molar-refractivity contribution in [1.29, 1.82) is 0 Å². The second kappa shape index (κ2) is 8.24. The zero-order valence-corrected chi connectivity index (χ0v) is 16.7. The number of H-pyrrole nitrogens is 1. The van der Waals surface area contributed by atoms with Gasteiger partial charge in [-0.1, -0.05) is 36.4 Å². The van der Waals surface area contributed by atoms with Crippen LogP contribution in [0.25, 0.3) is 21.7 Å². The van der Waals surface area contributed by atoms with Crippen molar-refractivity contribution in [2.75, 3.05) is 20.8 Å². The molecule has 1 N–H and O–H groups in total. The fourth-order valence-corrected chi connectivity index (χ4v) is 3.29. The van der Waals surface area contributed by atoms with Crippen LogP contribution in [0.5, 0.6) is 5.75 Å². The Balaban J connectivity index is 1.37. The molecule has 0 aliphatic carbocycles. The topological polar surface area (TPSA) is 84.5 Å². The van der Waals surface area contributed by atoms with Crippen LogP contribution >= 0.6 is 0 Å². The largest absolute Gasteiger partial charge is 0.497 e. The molecule has 0 aliphatic rings. The van der Waals surface area contributed by atoms with E-state index in [0.29, 0.717) is 11.9 Å². The maximum Gasteiger partial charge on any atom is 0.359 e. The molecule has 0 unspecified atom stereocenters. The van der Waals surface area contributed by atoms with E-state index in [1.807, 2.05) is 54.6 Å². The third-order valence-electron chi connectivity index (χ3n) is 4.95. The summed E-state index contributed by atoms with van der Waals surface area (Å²) >= 11 is 0. The van der Waals surface area contributed by atoms with E-state index in [9.17, 15) is 9.59 Å². The Kier molecular flexibility index (Phi) is 5.34. The molecule has 1 heterocycles. The maximum atomic E-state index is 12.4. The molecule has 0 saturated carbocycles. The maximum absolute atomic E-state index is 12.4. The van der Waals surface area contributed by atoms with Gasteiger partial charge in [0.1, 0.15) is 5.75 Å². The molecule has 0 saturated heterocycles. The molecule has 0 bridgehead atoms. The number of amides is 1. The Labute approximate surface area is 173 Å². The van der Waals surface area contributed by atoms with Gasteiger partial charge in [0, 0.05) is 19.0 Å². The predicted octanol–water partition coefficient (Wildman–Crippen LogP) is 3.54. The average molecular weight is 403 g/mol. The molecule has 30 heavy (non-hydrogen) atoms. The number of carbonyl (C=O) groups excluding carboxylic acids is 2. The van der Waals surface area contributed by atoms with Crippen molar-refractivity contribution in [1.82, 2.24) is 15.1 Å². The minimum atomic E-state index is -0.631. The van der Waals surface area contributed by atoms with Gasteiger partial charge in [0.05, 0.1) is 12.6 Å². The second-order valence-corrected chi connectivity index (χ2v) is 6.99. The SMILES string of the molecule is COc1ccc2cc(CN(C)C(=O)COC(=O)c3n[nH]c4ccccc34)ccc2c1. The molecule has 7 nitrogen and oxygen atoms in total. The summed E-state index contributed by atoms with van der Waals surface area (Å²) in [5, 5.41) is 9.56. The number of likely N-dealkylation sites (N-methyl/N-ethyl adjacent to an activating group) is 1. The van der Waals surface area contributed by atoms with Gasteiger partial charge in [-0.3, -0.25) is 9.89 Å². The van der Waals surface area contributed by atoms with Crippen LogP contribution in [0.1, 0.15) is 16.1 Å². The van der Waals surface area contributed by atoms with Gasteiger partial charge in [-0.15, -0.1) is 0 Å². The minimum absolute atomic E-state index is 0.172. The zero-order chi connectivity index (χ0) is 21.1. The number of carbonyl (C=O) groups is 2. The number of nitrogens with zero attached hydrogens (tertiary/aromatic N) is 2. The normalized spacial score (nSPS) is 10.9. The van der Waals surface area contributed by atoms with E-state index in [2.05, 4.69) is 10.2 Å². The monoisotopic (exact) mass is 403 g/mol. The second-order valence-electron chi connectivity index (χ2n) is 6.99. The first-order valence-corrected chi connectivity index (χ1v) is 9.46. The predicted molar refractivity (Wildman–Crippen MR) is 113 cm³/mol. The lowest BCUT2D eigenvalue weighted by Crippen LogP contribution is -2.30. The van der Waals surface area contributed by atoms with E-state index in [-0.39, 0.29) is 18.2 Å². The number of methoxy groups -OCH3 is 1. The average Bonchev–Trinajstić information content (AvgIpc) is 3.21. The molecule has 4 aromatic rings. The molecule has 0 fully saturated rings. The van der Waals surface area contributed by atoms with Crippen LogP contribution in [0.4, 0.5) is 0 Å². The summed E-state index contributed by atoms with van der Waals surface area (Å²) < 4.78 is 10.4. The van der Waals surface area contributed by atoms with E-state index in [1.54, 1.807) is 20.2 Å². The van der Waals surface area contributed by atoms with E-state index in [4.69, 9.17) is 9.47 Å². The van der Waals surface area contributed by atoms with Crippen LogP contribution in [0.2, 0.25) is 0 Å². The molecular weight excluding hydrogens is 382 g/mol. The Morgan fingerprint density at radius 2 is 1.80 bits per heavy atom. The van der Waals surface area contributed by atoms with Crippen molar-refractivity contribution in [3.63, 3.8) is 0 Å². The van der Waals surface area contributed by atoms with Crippen molar-refractivity contribution in [2.24, 2.45) is 0 Å². The first kappa shape index (κ1) is 19.4. The van der Waals surface area contributed by atoms with Crippen LogP contribution in [0.15, 0.2) is 60.7 Å². The number of hydrogen-bond acceptors (Lipinski definition) is 5. The molecule has 3 aromatic carbocycles. The van der Waals surface area contributed by atoms with Crippen molar-refractivity contribution in [3.05, 3.63) is 71.9 Å². The molecule has 7 heteroatoms. The molecule has 0 spiro atoms. The van der Waals surface area contributed by atoms with Gasteiger partial charge in [0.15, 0.2) is 12.3 Å². The highest BCUT2D eigenvalue weighted by molar-refractivity contribution is 6.02. The first-order chi connectivity index (χ1) is 14.5. The van der Waals surface area contributed by atoms with Crippen LogP contribution in [-0.2, 0) is 16.1 Å². The van der Waals surface area contributed by atoms with Crippen molar-refractivity contribution >= 4 is 33.6 Å². The lowest BCUT2D eigenvalue weighted by atomic mass is 10.1. The fourth-order valence-electron chi connectivity index (χ4n) is 3.29. The summed E-state index contributed by atoms with van der Waals surface area (Å²) in [7, 11) is 3.32. The summed E-state index contributed by atoms with van der Waals surface area (Å²) in [4.78, 5) is 26.3. The number of nitrogens with one attached hydrogen (secondary N) is 1. The summed E-state index contributed by atoms with van der Waals surface area (Å²) in [5.41, 5.74) is 1.89. The number of aromatic nitrogens is 2. The summed E-state index contributed by atoms with van der Waals surface area (Å²) in [5.74, 6) is -0.124. The van der Waals surface area contributed by atoms with Gasteiger partial charge in [-0.2, -0.15) is 5.10 Å². The first-order valence-electron chi connectivity index (χ1n) is 9.46. The third-order valence-corrected chi connectivity index (χ3v) is 4.95. The number of benzene rings is 3. The van der Waals surface area contributed by atoms with Crippen molar-refractivity contribution in [2.45, 2.75) is 6.54 Å². The zero-order valence-electron chi connectivity index (χ0n) is 16.7. The number of esters is 1. The van der Waals surface area contributed by atoms with Crippen LogP contribution in [-0.4, -0.2) is 47.7 Å². The number of para-hydroxylation sites is 1. The minimum Gasteiger partial charge on any atom is -0.497 e. The highest BCUT2D eigenvalue weighted by atomic mass is 16.5. The highest BCUT2D eigenvalue weighted by Gasteiger charge is 2.18.